The molecule has 5 N–H and O–H groups in total. The maximum absolute atomic E-state index is 14.9. The quantitative estimate of drug-likeness (QED) is 0.416. The van der Waals surface area contributed by atoms with Gasteiger partial charge in [0.05, 0.1) is 11.9 Å². The largest absolute Gasteiger partial charge is 0.433 e. The van der Waals surface area contributed by atoms with Gasteiger partial charge in [-0.15, -0.1) is 0 Å². The predicted molar refractivity (Wildman–Crippen MR) is 124 cm³/mol. The van der Waals surface area contributed by atoms with E-state index in [1.165, 1.54) is 19.1 Å². The molecular weight excluding hydrogens is 492 g/mol. The molecule has 0 bridgehead atoms. The van der Waals surface area contributed by atoms with Crippen molar-refractivity contribution in [3.8, 4) is 5.75 Å². The third kappa shape index (κ3) is 4.32. The van der Waals surface area contributed by atoms with Gasteiger partial charge in [0.25, 0.3) is 5.91 Å². The molecular formula is C22H24F4N4O4S. The third-order valence-electron chi connectivity index (χ3n) is 6.47. The lowest BCUT2D eigenvalue weighted by molar-refractivity contribution is -0.0501. The van der Waals surface area contributed by atoms with Crippen molar-refractivity contribution in [3.63, 3.8) is 0 Å². The smallest absolute Gasteiger partial charge is 0.387 e. The van der Waals surface area contributed by atoms with Crippen molar-refractivity contribution in [2.45, 2.75) is 43.1 Å². The van der Waals surface area contributed by atoms with E-state index in [2.05, 4.69) is 20.0 Å². The Bertz CT molecular complexity index is 1190. The highest BCUT2D eigenvalue weighted by Crippen LogP contribution is 2.66. The standard InChI is InChI=1S/C22H24F4N4O4S/c1-12-7-14(34-20(25)26)9-28-17(12)18(31)29-13-3-4-16(24)15(8-13)21(10-23)11-35(32,33)22(5-2-6-22)19(27)30-21/h3-4,7-9,20,32-33H,2,5-6,10-11H2,1H3,(H2,27,30)(H,29,31)/t21-/m1/s1. The first-order valence-electron chi connectivity index (χ1n) is 10.6. The van der Waals surface area contributed by atoms with Crippen LogP contribution in [0.4, 0.5) is 23.2 Å². The summed E-state index contributed by atoms with van der Waals surface area (Å²) < 4.78 is 79.0. The third-order valence-corrected chi connectivity index (χ3v) is 9.22. The summed E-state index contributed by atoms with van der Waals surface area (Å²) in [6, 6.07) is 4.59. The van der Waals surface area contributed by atoms with E-state index in [1.807, 2.05) is 0 Å². The summed E-state index contributed by atoms with van der Waals surface area (Å²) in [6.45, 7) is -2.83. The number of aryl methyl sites for hydroxylation is 1. The van der Waals surface area contributed by atoms with Gasteiger partial charge in [0.1, 0.15) is 40.1 Å². The first kappa shape index (κ1) is 25.2. The van der Waals surface area contributed by atoms with Crippen LogP contribution in [0.5, 0.6) is 5.75 Å². The minimum atomic E-state index is -3.44. The van der Waals surface area contributed by atoms with Gasteiger partial charge in [-0.2, -0.15) is 19.4 Å². The van der Waals surface area contributed by atoms with Crippen molar-refractivity contribution in [3.05, 3.63) is 53.1 Å². The zero-order valence-electron chi connectivity index (χ0n) is 18.6. The number of ether oxygens (including phenoxy) is 1. The van der Waals surface area contributed by atoms with Gasteiger partial charge in [-0.1, -0.05) is 0 Å². The average molecular weight is 517 g/mol. The lowest BCUT2D eigenvalue weighted by Gasteiger charge is -2.60. The van der Waals surface area contributed by atoms with Crippen molar-refractivity contribution < 1.29 is 36.2 Å². The normalized spacial score (nSPS) is 23.4. The molecule has 13 heteroatoms. The molecule has 1 aliphatic carbocycles. The van der Waals surface area contributed by atoms with Crippen molar-refractivity contribution in [2.75, 3.05) is 17.7 Å². The van der Waals surface area contributed by atoms with Crippen molar-refractivity contribution in [1.29, 1.82) is 0 Å². The maximum Gasteiger partial charge on any atom is 0.387 e. The van der Waals surface area contributed by atoms with E-state index in [1.54, 1.807) is 0 Å². The number of pyridine rings is 1. The highest BCUT2D eigenvalue weighted by molar-refractivity contribution is 8.26. The van der Waals surface area contributed by atoms with Crippen LogP contribution in [0.1, 0.15) is 40.9 Å². The SMILES string of the molecule is Cc1cc(OC(F)F)cnc1C(=O)Nc1ccc(F)c([C@@]2(CF)CS(O)(O)C3(CCC3)C(N)=N2)c1. The summed E-state index contributed by atoms with van der Waals surface area (Å²) in [5, 5.41) is 2.50. The van der Waals surface area contributed by atoms with Gasteiger partial charge < -0.3 is 15.8 Å². The molecule has 1 spiro atoms. The van der Waals surface area contributed by atoms with Crippen LogP contribution in [0, 0.1) is 12.7 Å². The van der Waals surface area contributed by atoms with Crippen LogP contribution in [0.3, 0.4) is 0 Å². The van der Waals surface area contributed by atoms with Crippen LogP contribution in [0.25, 0.3) is 0 Å². The summed E-state index contributed by atoms with van der Waals surface area (Å²) in [5.41, 5.74) is 4.01. The zero-order chi connectivity index (χ0) is 25.6. The van der Waals surface area contributed by atoms with Gasteiger partial charge in [0, 0.05) is 11.3 Å². The second-order valence-electron chi connectivity index (χ2n) is 8.68. The fourth-order valence-electron chi connectivity index (χ4n) is 4.47. The number of anilines is 1. The van der Waals surface area contributed by atoms with Crippen molar-refractivity contribution in [1.82, 2.24) is 4.98 Å². The van der Waals surface area contributed by atoms with E-state index in [9.17, 15) is 31.5 Å². The number of halogens is 4. The van der Waals surface area contributed by atoms with E-state index in [0.29, 0.717) is 19.3 Å². The molecule has 0 unspecified atom stereocenters. The lowest BCUT2D eigenvalue weighted by Crippen LogP contribution is -2.60. The van der Waals surface area contributed by atoms with Gasteiger partial charge >= 0.3 is 6.61 Å². The Morgan fingerprint density at radius 1 is 1.31 bits per heavy atom. The molecule has 1 amide bonds. The second kappa shape index (κ2) is 8.95. The highest BCUT2D eigenvalue weighted by Gasteiger charge is 2.59. The Kier molecular flexibility index (Phi) is 6.45. The van der Waals surface area contributed by atoms with Crippen LogP contribution in [-0.2, 0) is 5.54 Å². The molecule has 1 fully saturated rings. The van der Waals surface area contributed by atoms with Crippen LogP contribution in [0.15, 0.2) is 35.5 Å². The monoisotopic (exact) mass is 516 g/mol. The van der Waals surface area contributed by atoms with Crippen LogP contribution in [-0.4, -0.2) is 49.6 Å². The van der Waals surface area contributed by atoms with Gasteiger partial charge in [0.2, 0.25) is 0 Å². The first-order valence-corrected chi connectivity index (χ1v) is 12.3. The Balaban J connectivity index is 1.65. The highest BCUT2D eigenvalue weighted by atomic mass is 32.3. The number of hydrogen-bond donors (Lipinski definition) is 4. The molecule has 2 aromatic rings. The summed E-state index contributed by atoms with van der Waals surface area (Å²) >= 11 is 0. The van der Waals surface area contributed by atoms with E-state index >= 15 is 0 Å². The van der Waals surface area contributed by atoms with Crippen molar-refractivity contribution >= 4 is 28.0 Å². The molecule has 1 saturated carbocycles. The Hall–Kier alpha value is -2.90. The van der Waals surface area contributed by atoms with Gasteiger partial charge in [-0.05, 0) is 56.0 Å². The number of amidine groups is 1. The molecule has 0 saturated heterocycles. The fourth-order valence-corrected chi connectivity index (χ4v) is 7.03. The molecule has 4 rings (SSSR count). The predicted octanol–water partition coefficient (Wildman–Crippen LogP) is 4.59. The van der Waals surface area contributed by atoms with E-state index in [0.717, 1.165) is 18.3 Å². The number of aromatic nitrogens is 1. The minimum Gasteiger partial charge on any atom is -0.433 e. The van der Waals surface area contributed by atoms with E-state index in [-0.39, 0.29) is 34.1 Å². The Morgan fingerprint density at radius 2 is 2.03 bits per heavy atom. The second-order valence-corrected chi connectivity index (χ2v) is 11.1. The maximum atomic E-state index is 14.9. The number of alkyl halides is 3. The summed E-state index contributed by atoms with van der Waals surface area (Å²) in [4.78, 5) is 20.8. The van der Waals surface area contributed by atoms with Gasteiger partial charge in [-0.25, -0.2) is 13.8 Å². The number of benzene rings is 1. The summed E-state index contributed by atoms with van der Waals surface area (Å²) in [5.74, 6) is -2.48. The van der Waals surface area contributed by atoms with Crippen LogP contribution >= 0.6 is 10.6 Å². The summed E-state index contributed by atoms with van der Waals surface area (Å²) in [6.07, 6.45) is 2.48. The lowest BCUT2D eigenvalue weighted by atomic mass is 9.82. The molecule has 2 heterocycles. The number of rotatable bonds is 6. The summed E-state index contributed by atoms with van der Waals surface area (Å²) in [7, 11) is -3.44. The molecule has 8 nitrogen and oxygen atoms in total. The van der Waals surface area contributed by atoms with E-state index < -0.39 is 51.6 Å². The number of carbonyl (C=O) groups is 1. The molecule has 1 aromatic carbocycles. The Labute approximate surface area is 199 Å². The number of nitrogens with one attached hydrogen (secondary N) is 1. The number of nitrogens with zero attached hydrogens (tertiary/aromatic N) is 2. The Morgan fingerprint density at radius 3 is 2.57 bits per heavy atom. The molecule has 1 aliphatic heterocycles. The topological polar surface area (TPSA) is 130 Å². The number of hydrogen-bond acceptors (Lipinski definition) is 7. The minimum absolute atomic E-state index is 0.0579. The number of carbonyl (C=O) groups excluding carboxylic acids is 1. The molecule has 0 radical (unpaired) electrons. The fraction of sp³-hybridized carbons (Fsp3) is 0.409. The number of aliphatic imine (C=N–C) groups is 1. The molecule has 1 atom stereocenters. The number of amides is 1. The van der Waals surface area contributed by atoms with Crippen LogP contribution in [0.2, 0.25) is 0 Å². The average Bonchev–Trinajstić information content (AvgIpc) is 2.72. The molecule has 190 valence electrons. The van der Waals surface area contributed by atoms with Crippen molar-refractivity contribution in [2.24, 2.45) is 10.7 Å². The molecule has 1 aromatic heterocycles. The molecule has 2 aliphatic rings. The zero-order valence-corrected chi connectivity index (χ0v) is 19.4. The van der Waals surface area contributed by atoms with Gasteiger partial charge in [-0.3, -0.25) is 18.9 Å². The first-order chi connectivity index (χ1) is 16.4. The number of nitrogens with two attached hydrogens (primary N) is 1. The molecule has 35 heavy (non-hydrogen) atoms. The van der Waals surface area contributed by atoms with E-state index in [4.69, 9.17) is 5.73 Å². The van der Waals surface area contributed by atoms with Gasteiger partial charge in [0.15, 0.2) is 0 Å². The van der Waals surface area contributed by atoms with Crippen LogP contribution < -0.4 is 15.8 Å².